The number of benzene rings is 2. The summed E-state index contributed by atoms with van der Waals surface area (Å²) < 4.78 is 5.45. The van der Waals surface area contributed by atoms with Crippen LogP contribution in [0.3, 0.4) is 0 Å². The predicted octanol–water partition coefficient (Wildman–Crippen LogP) is 3.71. The van der Waals surface area contributed by atoms with Gasteiger partial charge in [0.1, 0.15) is 12.6 Å². The van der Waals surface area contributed by atoms with Crippen LogP contribution in [0.25, 0.3) is 11.1 Å². The number of aliphatic carboxylic acids is 1. The number of nitrogens with one attached hydrogen (secondary N) is 1. The maximum absolute atomic E-state index is 12.3. The van der Waals surface area contributed by atoms with Crippen molar-refractivity contribution in [2.75, 3.05) is 26.2 Å². The van der Waals surface area contributed by atoms with Crippen molar-refractivity contribution in [1.29, 1.82) is 0 Å². The summed E-state index contributed by atoms with van der Waals surface area (Å²) in [7, 11) is 0. The number of hydrogen-bond donors (Lipinski definition) is 2. The fourth-order valence-corrected chi connectivity index (χ4v) is 3.89. The lowest BCUT2D eigenvalue weighted by Crippen LogP contribution is -2.43. The first-order valence-electron chi connectivity index (χ1n) is 10.1. The molecule has 1 aliphatic rings. The maximum atomic E-state index is 12.3. The Bertz CT molecular complexity index is 818. The van der Waals surface area contributed by atoms with Gasteiger partial charge in [0.2, 0.25) is 0 Å². The van der Waals surface area contributed by atoms with Gasteiger partial charge in [0.15, 0.2) is 0 Å². The van der Waals surface area contributed by atoms with E-state index in [-0.39, 0.29) is 12.5 Å². The van der Waals surface area contributed by atoms with Crippen LogP contribution in [0.15, 0.2) is 48.5 Å². The lowest BCUT2D eigenvalue weighted by atomic mass is 9.98. The van der Waals surface area contributed by atoms with E-state index in [9.17, 15) is 14.7 Å². The van der Waals surface area contributed by atoms with Crippen LogP contribution in [0.5, 0.6) is 0 Å². The Kier molecular flexibility index (Phi) is 6.88. The molecule has 29 heavy (non-hydrogen) atoms. The molecule has 0 fully saturated rings. The summed E-state index contributed by atoms with van der Waals surface area (Å²) >= 11 is 0. The number of hydrogen-bond acceptors (Lipinski definition) is 4. The standard InChI is InChI=1S/C23H28N2O4/c1-3-25(4-2)14-13-21(22(26)27)24-23(28)29-15-20-18-11-7-5-9-16(18)17-10-6-8-12-19(17)20/h5-12,20-21H,3-4,13-15H2,1-2H3,(H,24,28)(H,26,27). The zero-order valence-corrected chi connectivity index (χ0v) is 16.9. The molecule has 1 aliphatic carbocycles. The molecule has 154 valence electrons. The molecule has 1 amide bonds. The topological polar surface area (TPSA) is 78.9 Å². The highest BCUT2D eigenvalue weighted by atomic mass is 16.5. The Morgan fingerprint density at radius 1 is 1.03 bits per heavy atom. The van der Waals surface area contributed by atoms with Crippen molar-refractivity contribution in [3.05, 3.63) is 59.7 Å². The van der Waals surface area contributed by atoms with Crippen molar-refractivity contribution in [3.63, 3.8) is 0 Å². The van der Waals surface area contributed by atoms with E-state index >= 15 is 0 Å². The molecule has 0 aliphatic heterocycles. The number of rotatable bonds is 9. The first-order valence-corrected chi connectivity index (χ1v) is 10.1. The highest BCUT2D eigenvalue weighted by Gasteiger charge is 2.29. The monoisotopic (exact) mass is 396 g/mol. The summed E-state index contributed by atoms with van der Waals surface area (Å²) in [6, 6.07) is 15.2. The zero-order valence-electron chi connectivity index (χ0n) is 16.9. The highest BCUT2D eigenvalue weighted by Crippen LogP contribution is 2.44. The Balaban J connectivity index is 1.62. The summed E-state index contributed by atoms with van der Waals surface area (Å²) in [6.45, 7) is 6.51. The molecule has 2 aromatic carbocycles. The van der Waals surface area contributed by atoms with Crippen LogP contribution in [0.2, 0.25) is 0 Å². The summed E-state index contributed by atoms with van der Waals surface area (Å²) in [6.07, 6.45) is -0.361. The summed E-state index contributed by atoms with van der Waals surface area (Å²) in [4.78, 5) is 26.0. The number of carbonyl (C=O) groups excluding carboxylic acids is 1. The Morgan fingerprint density at radius 3 is 2.10 bits per heavy atom. The van der Waals surface area contributed by atoms with Gasteiger partial charge in [-0.1, -0.05) is 62.4 Å². The number of alkyl carbamates (subject to hydrolysis) is 1. The van der Waals surface area contributed by atoms with E-state index in [2.05, 4.69) is 22.3 Å². The third-order valence-corrected chi connectivity index (χ3v) is 5.56. The average molecular weight is 396 g/mol. The zero-order chi connectivity index (χ0) is 20.8. The van der Waals surface area contributed by atoms with Crippen molar-refractivity contribution in [1.82, 2.24) is 10.2 Å². The lowest BCUT2D eigenvalue weighted by molar-refractivity contribution is -0.139. The SMILES string of the molecule is CCN(CC)CCC(NC(=O)OCC1c2ccccc2-c2ccccc21)C(=O)O. The largest absolute Gasteiger partial charge is 0.480 e. The molecule has 0 bridgehead atoms. The molecule has 6 heteroatoms. The van der Waals surface area contributed by atoms with Crippen molar-refractivity contribution >= 4 is 12.1 Å². The summed E-state index contributed by atoms with van der Waals surface area (Å²) in [5.74, 6) is -1.10. The number of carbonyl (C=O) groups is 2. The second-order valence-corrected chi connectivity index (χ2v) is 7.18. The minimum absolute atomic E-state index is 0.0490. The number of amides is 1. The van der Waals surface area contributed by atoms with E-state index < -0.39 is 18.1 Å². The fraction of sp³-hybridized carbons (Fsp3) is 0.391. The number of ether oxygens (including phenoxy) is 1. The minimum Gasteiger partial charge on any atom is -0.480 e. The molecule has 0 saturated heterocycles. The second kappa shape index (κ2) is 9.56. The highest BCUT2D eigenvalue weighted by molar-refractivity contribution is 5.81. The smallest absolute Gasteiger partial charge is 0.407 e. The molecule has 1 unspecified atom stereocenters. The van der Waals surface area contributed by atoms with Gasteiger partial charge in [-0.05, 0) is 41.8 Å². The normalized spacial score (nSPS) is 13.6. The molecule has 1 atom stereocenters. The van der Waals surface area contributed by atoms with Crippen molar-refractivity contribution in [3.8, 4) is 11.1 Å². The van der Waals surface area contributed by atoms with E-state index in [1.165, 1.54) is 0 Å². The lowest BCUT2D eigenvalue weighted by Gasteiger charge is -2.21. The van der Waals surface area contributed by atoms with Crippen molar-refractivity contribution in [2.45, 2.75) is 32.2 Å². The van der Waals surface area contributed by atoms with E-state index in [1.807, 2.05) is 50.2 Å². The van der Waals surface area contributed by atoms with Crippen LogP contribution < -0.4 is 5.32 Å². The maximum Gasteiger partial charge on any atom is 0.407 e. The molecule has 0 radical (unpaired) electrons. The van der Waals surface area contributed by atoms with E-state index in [0.29, 0.717) is 13.0 Å². The Morgan fingerprint density at radius 2 is 1.59 bits per heavy atom. The quantitative estimate of drug-likeness (QED) is 0.676. The number of carboxylic acids is 1. The van der Waals surface area contributed by atoms with Crippen molar-refractivity contribution in [2.24, 2.45) is 0 Å². The number of nitrogens with zero attached hydrogens (tertiary/aromatic N) is 1. The first kappa shape index (κ1) is 20.9. The van der Waals surface area contributed by atoms with Gasteiger partial charge in [0, 0.05) is 12.5 Å². The van der Waals surface area contributed by atoms with Crippen molar-refractivity contribution < 1.29 is 19.4 Å². The van der Waals surface area contributed by atoms with Crippen LogP contribution in [0.1, 0.15) is 37.3 Å². The molecule has 3 rings (SSSR count). The molecule has 0 heterocycles. The van der Waals surface area contributed by atoms with E-state index in [0.717, 1.165) is 35.3 Å². The van der Waals surface area contributed by atoms with Gasteiger partial charge in [-0.15, -0.1) is 0 Å². The summed E-state index contributed by atoms with van der Waals surface area (Å²) in [5.41, 5.74) is 4.55. The van der Waals surface area contributed by atoms with Gasteiger partial charge in [-0.25, -0.2) is 9.59 Å². The van der Waals surface area contributed by atoms with E-state index in [4.69, 9.17) is 4.74 Å². The van der Waals surface area contributed by atoms with Crippen LogP contribution in [-0.4, -0.2) is 54.4 Å². The molecule has 0 saturated carbocycles. The molecule has 2 N–H and O–H groups in total. The van der Waals surface area contributed by atoms with Crippen LogP contribution >= 0.6 is 0 Å². The molecule has 6 nitrogen and oxygen atoms in total. The van der Waals surface area contributed by atoms with Gasteiger partial charge in [0.05, 0.1) is 0 Å². The van der Waals surface area contributed by atoms with Gasteiger partial charge in [0.25, 0.3) is 0 Å². The Labute approximate surface area is 171 Å². The Hall–Kier alpha value is -2.86. The average Bonchev–Trinajstić information content (AvgIpc) is 3.06. The van der Waals surface area contributed by atoms with Crippen LogP contribution in [0, 0.1) is 0 Å². The molecule has 0 aromatic heterocycles. The fourth-order valence-electron chi connectivity index (χ4n) is 3.89. The van der Waals surface area contributed by atoms with Gasteiger partial charge in [-0.2, -0.15) is 0 Å². The van der Waals surface area contributed by atoms with Gasteiger partial charge in [-0.3, -0.25) is 0 Å². The number of fused-ring (bicyclic) bond motifs is 3. The van der Waals surface area contributed by atoms with Crippen LogP contribution in [0.4, 0.5) is 4.79 Å². The predicted molar refractivity (Wildman–Crippen MR) is 112 cm³/mol. The van der Waals surface area contributed by atoms with Gasteiger partial charge < -0.3 is 20.1 Å². The van der Waals surface area contributed by atoms with Gasteiger partial charge >= 0.3 is 12.1 Å². The van der Waals surface area contributed by atoms with E-state index in [1.54, 1.807) is 0 Å². The molecule has 0 spiro atoms. The molecular weight excluding hydrogens is 368 g/mol. The molecular formula is C23H28N2O4. The minimum atomic E-state index is -1.05. The number of carboxylic acid groups (broad SMARTS) is 1. The molecule has 2 aromatic rings. The van der Waals surface area contributed by atoms with Crippen LogP contribution in [-0.2, 0) is 9.53 Å². The second-order valence-electron chi connectivity index (χ2n) is 7.18. The summed E-state index contributed by atoms with van der Waals surface area (Å²) in [5, 5.41) is 11.9. The third-order valence-electron chi connectivity index (χ3n) is 5.56. The third kappa shape index (κ3) is 4.77. The first-order chi connectivity index (χ1) is 14.0.